The number of ether oxygens (including phenoxy) is 1. The summed E-state index contributed by atoms with van der Waals surface area (Å²) in [6.07, 6.45) is 4.68. The number of aryl methyl sites for hydroxylation is 2. The maximum absolute atomic E-state index is 13.2. The zero-order valence-electron chi connectivity index (χ0n) is 15.3. The molecule has 1 aromatic heterocycles. The first-order valence-corrected chi connectivity index (χ1v) is 9.32. The summed E-state index contributed by atoms with van der Waals surface area (Å²) in [6.45, 7) is 5.64. The van der Waals surface area contributed by atoms with Gasteiger partial charge in [-0.2, -0.15) is 0 Å². The number of fused-ring (bicyclic) bond motifs is 1. The van der Waals surface area contributed by atoms with Gasteiger partial charge in [-0.05, 0) is 57.2 Å². The monoisotopic (exact) mass is 338 g/mol. The van der Waals surface area contributed by atoms with Gasteiger partial charge in [-0.15, -0.1) is 0 Å². The highest BCUT2D eigenvalue weighted by Gasteiger charge is 2.28. The Morgan fingerprint density at radius 1 is 1.24 bits per heavy atom. The van der Waals surface area contributed by atoms with E-state index in [4.69, 9.17) is 9.72 Å². The smallest absolute Gasteiger partial charge is 0.254 e. The van der Waals surface area contributed by atoms with Crippen LogP contribution in [0, 0.1) is 13.8 Å². The van der Waals surface area contributed by atoms with Crippen molar-refractivity contribution >= 4 is 16.8 Å². The van der Waals surface area contributed by atoms with Crippen LogP contribution in [0.1, 0.15) is 58.8 Å². The number of hydrogen-bond donors (Lipinski definition) is 0. The summed E-state index contributed by atoms with van der Waals surface area (Å²) < 4.78 is 5.70. The van der Waals surface area contributed by atoms with Crippen LogP contribution in [0.5, 0.6) is 0 Å². The fraction of sp³-hybridized carbons (Fsp3) is 0.524. The number of nitrogens with zero attached hydrogens (tertiary/aromatic N) is 2. The van der Waals surface area contributed by atoms with Gasteiger partial charge in [-0.25, -0.2) is 0 Å². The number of benzene rings is 1. The first kappa shape index (κ1) is 16.5. The Balaban J connectivity index is 1.74. The SMILES string of the molecule is Cc1cc(C)c2nc(C3CC3)cc(C(=O)N(C)CC3CCCO3)c2c1. The second kappa shape index (κ2) is 6.41. The van der Waals surface area contributed by atoms with E-state index in [1.165, 1.54) is 18.4 Å². The van der Waals surface area contributed by atoms with E-state index in [-0.39, 0.29) is 12.0 Å². The number of pyridine rings is 1. The van der Waals surface area contributed by atoms with Gasteiger partial charge in [0.25, 0.3) is 5.91 Å². The molecule has 2 heterocycles. The van der Waals surface area contributed by atoms with Gasteiger partial charge in [0.1, 0.15) is 0 Å². The molecule has 4 heteroatoms. The summed E-state index contributed by atoms with van der Waals surface area (Å²) in [5.74, 6) is 0.606. The van der Waals surface area contributed by atoms with Crippen molar-refractivity contribution in [2.24, 2.45) is 0 Å². The lowest BCUT2D eigenvalue weighted by Crippen LogP contribution is -2.34. The quantitative estimate of drug-likeness (QED) is 0.847. The van der Waals surface area contributed by atoms with E-state index in [1.54, 1.807) is 0 Å². The predicted molar refractivity (Wildman–Crippen MR) is 99.1 cm³/mol. The van der Waals surface area contributed by atoms with Gasteiger partial charge in [0.2, 0.25) is 0 Å². The standard InChI is InChI=1S/C21H26N2O2/c1-13-9-14(2)20-17(10-13)18(11-19(22-20)15-6-7-15)21(24)23(3)12-16-5-4-8-25-16/h9-11,15-16H,4-8,12H2,1-3H3. The molecule has 0 N–H and O–H groups in total. The number of carbonyl (C=O) groups is 1. The summed E-state index contributed by atoms with van der Waals surface area (Å²) in [4.78, 5) is 19.9. The van der Waals surface area contributed by atoms with Crippen LogP contribution in [0.15, 0.2) is 18.2 Å². The molecule has 2 aliphatic rings. The Bertz CT molecular complexity index is 820. The van der Waals surface area contributed by atoms with E-state index in [0.717, 1.165) is 47.2 Å². The summed E-state index contributed by atoms with van der Waals surface area (Å²) in [6, 6.07) is 6.28. The Labute approximate surface area is 149 Å². The molecule has 0 bridgehead atoms. The molecular weight excluding hydrogens is 312 g/mol. The fourth-order valence-electron chi connectivity index (χ4n) is 3.85. The van der Waals surface area contributed by atoms with Gasteiger partial charge in [-0.3, -0.25) is 9.78 Å². The maximum atomic E-state index is 13.2. The van der Waals surface area contributed by atoms with Crippen molar-refractivity contribution in [3.05, 3.63) is 40.6 Å². The highest BCUT2D eigenvalue weighted by Crippen LogP contribution is 2.40. The topological polar surface area (TPSA) is 42.4 Å². The van der Waals surface area contributed by atoms with Crippen LogP contribution in [-0.2, 0) is 4.74 Å². The number of carbonyl (C=O) groups excluding carboxylic acids is 1. The summed E-state index contributed by atoms with van der Waals surface area (Å²) in [7, 11) is 1.88. The van der Waals surface area contributed by atoms with Gasteiger partial charge in [0.05, 0.1) is 17.2 Å². The normalized spacial score (nSPS) is 20.2. The molecule has 132 valence electrons. The van der Waals surface area contributed by atoms with E-state index >= 15 is 0 Å². The average molecular weight is 338 g/mol. The molecule has 1 atom stereocenters. The minimum Gasteiger partial charge on any atom is -0.376 e. The largest absolute Gasteiger partial charge is 0.376 e. The molecule has 4 nitrogen and oxygen atoms in total. The van der Waals surface area contributed by atoms with Gasteiger partial charge >= 0.3 is 0 Å². The lowest BCUT2D eigenvalue weighted by molar-refractivity contribution is 0.0588. The van der Waals surface area contributed by atoms with Crippen LogP contribution >= 0.6 is 0 Å². The molecule has 2 fully saturated rings. The zero-order chi connectivity index (χ0) is 17.6. The van der Waals surface area contributed by atoms with Gasteiger partial charge in [-0.1, -0.05) is 11.6 Å². The molecule has 1 saturated carbocycles. The minimum absolute atomic E-state index is 0.0785. The lowest BCUT2D eigenvalue weighted by Gasteiger charge is -2.22. The number of rotatable bonds is 4. The lowest BCUT2D eigenvalue weighted by atomic mass is 10.00. The van der Waals surface area contributed by atoms with Crippen LogP contribution in [0.4, 0.5) is 0 Å². The molecule has 1 unspecified atom stereocenters. The third kappa shape index (κ3) is 3.28. The average Bonchev–Trinajstić information content (AvgIpc) is 3.31. The van der Waals surface area contributed by atoms with Crippen LogP contribution < -0.4 is 0 Å². The molecular formula is C21H26N2O2. The Hall–Kier alpha value is -1.94. The Morgan fingerprint density at radius 2 is 2.04 bits per heavy atom. The van der Waals surface area contributed by atoms with E-state index in [9.17, 15) is 4.79 Å². The van der Waals surface area contributed by atoms with Crippen molar-refractivity contribution in [3.8, 4) is 0 Å². The highest BCUT2D eigenvalue weighted by molar-refractivity contribution is 6.07. The maximum Gasteiger partial charge on any atom is 0.254 e. The van der Waals surface area contributed by atoms with Crippen LogP contribution in [0.2, 0.25) is 0 Å². The van der Waals surface area contributed by atoms with Crippen molar-refractivity contribution in [2.45, 2.75) is 51.6 Å². The zero-order valence-corrected chi connectivity index (χ0v) is 15.3. The van der Waals surface area contributed by atoms with Gasteiger partial charge in [0, 0.05) is 37.2 Å². The second-order valence-electron chi connectivity index (χ2n) is 7.67. The summed E-state index contributed by atoms with van der Waals surface area (Å²) >= 11 is 0. The van der Waals surface area contributed by atoms with Crippen molar-refractivity contribution in [1.29, 1.82) is 0 Å². The molecule has 4 rings (SSSR count). The molecule has 1 amide bonds. The molecule has 0 radical (unpaired) electrons. The molecule has 1 aliphatic carbocycles. The van der Waals surface area contributed by atoms with Crippen molar-refractivity contribution < 1.29 is 9.53 Å². The molecule has 1 saturated heterocycles. The Kier molecular flexibility index (Phi) is 4.24. The molecule has 2 aromatic rings. The van der Waals surface area contributed by atoms with E-state index in [1.807, 2.05) is 18.0 Å². The number of hydrogen-bond acceptors (Lipinski definition) is 3. The highest BCUT2D eigenvalue weighted by atomic mass is 16.5. The van der Waals surface area contributed by atoms with Gasteiger partial charge < -0.3 is 9.64 Å². The Morgan fingerprint density at radius 3 is 2.72 bits per heavy atom. The molecule has 1 aromatic carbocycles. The number of amides is 1. The molecule has 0 spiro atoms. The van der Waals surface area contributed by atoms with E-state index in [2.05, 4.69) is 26.0 Å². The van der Waals surface area contributed by atoms with Crippen molar-refractivity contribution in [1.82, 2.24) is 9.88 Å². The predicted octanol–water partition coefficient (Wildman–Crippen LogP) is 3.98. The van der Waals surface area contributed by atoms with Crippen LogP contribution in [0.25, 0.3) is 10.9 Å². The van der Waals surface area contributed by atoms with Crippen molar-refractivity contribution in [2.75, 3.05) is 20.2 Å². The minimum atomic E-state index is 0.0785. The van der Waals surface area contributed by atoms with E-state index in [0.29, 0.717) is 12.5 Å². The second-order valence-corrected chi connectivity index (χ2v) is 7.67. The number of aromatic nitrogens is 1. The van der Waals surface area contributed by atoms with Crippen LogP contribution in [0.3, 0.4) is 0 Å². The molecule has 25 heavy (non-hydrogen) atoms. The third-order valence-corrected chi connectivity index (χ3v) is 5.34. The van der Waals surface area contributed by atoms with E-state index < -0.39 is 0 Å². The first-order valence-electron chi connectivity index (χ1n) is 9.32. The molecule has 1 aliphatic heterocycles. The van der Waals surface area contributed by atoms with Crippen molar-refractivity contribution in [3.63, 3.8) is 0 Å². The van der Waals surface area contributed by atoms with Gasteiger partial charge in [0.15, 0.2) is 0 Å². The first-order chi connectivity index (χ1) is 12.0. The fourth-order valence-corrected chi connectivity index (χ4v) is 3.85. The van der Waals surface area contributed by atoms with Crippen LogP contribution in [-0.4, -0.2) is 42.1 Å². The number of likely N-dealkylation sites (N-methyl/N-ethyl adjacent to an activating group) is 1. The third-order valence-electron chi connectivity index (χ3n) is 5.34. The summed E-state index contributed by atoms with van der Waals surface area (Å²) in [5.41, 5.74) is 5.16. The summed E-state index contributed by atoms with van der Waals surface area (Å²) in [5, 5.41) is 0.978.